The SMILES string of the molecule is O=S(=O)([O-])c1cc(S(=O)(=O)[O-])c(S)c(S(=O)(=O)[O-])c1.O=S(=O)([O-])c1cc(S(=O)(=O)[O-])c(S)c(S(=O)(=O)[O-])c1.[Zn+2].[Zn+2].[Zn+2]. The fraction of sp³-hybridized carbons (Fsp3) is 0. The maximum atomic E-state index is 10.8. The summed E-state index contributed by atoms with van der Waals surface area (Å²) in [5, 5.41) is 0. The van der Waals surface area contributed by atoms with E-state index >= 15 is 0 Å². The minimum atomic E-state index is -5.33. The van der Waals surface area contributed by atoms with Crippen LogP contribution in [-0.4, -0.2) is 77.8 Å². The third-order valence-electron chi connectivity index (χ3n) is 3.68. The van der Waals surface area contributed by atoms with Gasteiger partial charge in [0.25, 0.3) is 0 Å². The molecule has 0 aromatic heterocycles. The molecular formula is C12H6O18S8Zn3. The Kier molecular flexibility index (Phi) is 17.0. The summed E-state index contributed by atoms with van der Waals surface area (Å²) in [7, 11) is -31.9. The van der Waals surface area contributed by atoms with E-state index in [1.807, 2.05) is 0 Å². The maximum absolute atomic E-state index is 10.8. The fourth-order valence-electron chi connectivity index (χ4n) is 2.17. The largest absolute Gasteiger partial charge is 2.00 e. The molecule has 0 aliphatic heterocycles. The summed E-state index contributed by atoms with van der Waals surface area (Å²) in [5.74, 6) is 0. The van der Waals surface area contributed by atoms with Crippen LogP contribution in [0.5, 0.6) is 0 Å². The molecule has 29 heteroatoms. The van der Waals surface area contributed by atoms with E-state index in [4.69, 9.17) is 0 Å². The minimum absolute atomic E-state index is 0. The summed E-state index contributed by atoms with van der Waals surface area (Å²) in [6, 6.07) is 0.562. The molecule has 2 rings (SSSR count). The van der Waals surface area contributed by atoms with Gasteiger partial charge in [0, 0.05) is 9.79 Å². The summed E-state index contributed by atoms with van der Waals surface area (Å²) >= 11 is 6.77. The van der Waals surface area contributed by atoms with E-state index in [2.05, 4.69) is 25.3 Å². The standard InChI is InChI=1S/2C6H6O9S4.3Zn/c2*7-17(8,9)3-1-4(18(10,11)12)6(16)5(2-3)19(13,14)15;;;/h2*1-2,16H,(H,7,8,9)(H,10,11,12)(H,13,14,15);;;/q;;3*+2/p-6. The second kappa shape index (κ2) is 15.2. The van der Waals surface area contributed by atoms with Gasteiger partial charge in [-0.2, -0.15) is 0 Å². The van der Waals surface area contributed by atoms with Crippen LogP contribution >= 0.6 is 25.3 Å². The molecule has 18 nitrogen and oxygen atoms in total. The molecule has 0 bridgehead atoms. The number of thiol groups is 2. The van der Waals surface area contributed by atoms with Crippen LogP contribution in [0, 0.1) is 0 Å². The van der Waals surface area contributed by atoms with E-state index in [-0.39, 0.29) is 82.7 Å². The van der Waals surface area contributed by atoms with Crippen LogP contribution in [0.4, 0.5) is 0 Å². The Hall–Kier alpha value is 0.470. The van der Waals surface area contributed by atoms with Crippen molar-refractivity contribution in [3.05, 3.63) is 24.3 Å². The van der Waals surface area contributed by atoms with Gasteiger partial charge in [0.1, 0.15) is 60.7 Å². The van der Waals surface area contributed by atoms with E-state index < -0.39 is 99.9 Å². The summed E-state index contributed by atoms with van der Waals surface area (Å²) < 4.78 is 194. The van der Waals surface area contributed by atoms with Crippen LogP contribution in [0.3, 0.4) is 0 Å². The van der Waals surface area contributed by atoms with Gasteiger partial charge in [-0.15, -0.1) is 25.3 Å². The number of hydrogen-bond donors (Lipinski definition) is 2. The van der Waals surface area contributed by atoms with Crippen molar-refractivity contribution in [1.82, 2.24) is 0 Å². The molecule has 0 saturated carbocycles. The molecule has 0 unspecified atom stereocenters. The molecule has 0 aliphatic carbocycles. The first-order chi connectivity index (χ1) is 16.5. The Bertz CT molecular complexity index is 1720. The van der Waals surface area contributed by atoms with Crippen molar-refractivity contribution in [2.24, 2.45) is 0 Å². The van der Waals surface area contributed by atoms with Gasteiger partial charge in [-0.05, 0) is 24.3 Å². The molecular weight excluding hydrogens is 885 g/mol. The van der Waals surface area contributed by atoms with Gasteiger partial charge in [0.05, 0.1) is 29.4 Å². The second-order valence-corrected chi connectivity index (χ2v) is 15.3. The van der Waals surface area contributed by atoms with Gasteiger partial charge >= 0.3 is 58.4 Å². The van der Waals surface area contributed by atoms with E-state index in [1.165, 1.54) is 0 Å². The van der Waals surface area contributed by atoms with Gasteiger partial charge in [0.2, 0.25) is 0 Å². The quantitative estimate of drug-likeness (QED) is 0.170. The first-order valence-corrected chi connectivity index (χ1v) is 17.3. The van der Waals surface area contributed by atoms with Crippen molar-refractivity contribution in [1.29, 1.82) is 0 Å². The van der Waals surface area contributed by atoms with Crippen molar-refractivity contribution in [3.8, 4) is 0 Å². The van der Waals surface area contributed by atoms with Gasteiger partial charge < -0.3 is 27.3 Å². The molecule has 0 spiro atoms. The Labute approximate surface area is 282 Å². The number of benzene rings is 2. The topological polar surface area (TPSA) is 343 Å². The molecule has 0 atom stereocenters. The summed E-state index contributed by atoms with van der Waals surface area (Å²) in [4.78, 5) is -10.3. The second-order valence-electron chi connectivity index (χ2n) is 6.26. The molecule has 0 aliphatic rings. The van der Waals surface area contributed by atoms with Crippen LogP contribution < -0.4 is 0 Å². The molecule has 41 heavy (non-hydrogen) atoms. The molecule has 2 aromatic rings. The molecule has 2 aromatic carbocycles. The van der Waals surface area contributed by atoms with Crippen LogP contribution in [0.25, 0.3) is 0 Å². The first kappa shape index (κ1) is 45.9. The molecule has 0 fully saturated rings. The van der Waals surface area contributed by atoms with Gasteiger partial charge in [0.15, 0.2) is 0 Å². The van der Waals surface area contributed by atoms with Crippen molar-refractivity contribution in [2.45, 2.75) is 39.2 Å². The molecule has 216 valence electrons. The monoisotopic (exact) mass is 886 g/mol. The first-order valence-electron chi connectivity index (χ1n) is 7.98. The van der Waals surface area contributed by atoms with Crippen LogP contribution in [0.2, 0.25) is 0 Å². The predicted octanol–water partition coefficient (Wildman–Crippen LogP) is -2.63. The fourth-order valence-corrected chi connectivity index (χ4v) is 7.72. The third-order valence-corrected chi connectivity index (χ3v) is 10.3. The minimum Gasteiger partial charge on any atom is -0.744 e. The van der Waals surface area contributed by atoms with E-state index in [0.29, 0.717) is 0 Å². The van der Waals surface area contributed by atoms with Crippen molar-refractivity contribution in [3.63, 3.8) is 0 Å². The van der Waals surface area contributed by atoms with Gasteiger partial charge in [-0.3, -0.25) is 0 Å². The number of rotatable bonds is 6. The average Bonchev–Trinajstić information content (AvgIpc) is 2.63. The van der Waals surface area contributed by atoms with Crippen LogP contribution in [-0.2, 0) is 119 Å². The summed E-state index contributed by atoms with van der Waals surface area (Å²) in [6.07, 6.45) is 0. The van der Waals surface area contributed by atoms with E-state index in [9.17, 15) is 77.8 Å². The van der Waals surface area contributed by atoms with Crippen LogP contribution in [0.1, 0.15) is 0 Å². The van der Waals surface area contributed by atoms with Crippen molar-refractivity contribution < 1.29 is 136 Å². The molecule has 0 heterocycles. The average molecular weight is 891 g/mol. The predicted molar refractivity (Wildman–Crippen MR) is 115 cm³/mol. The molecule has 0 amide bonds. The van der Waals surface area contributed by atoms with Crippen molar-refractivity contribution >= 4 is 86.0 Å². The Morgan fingerprint density at radius 1 is 0.366 bits per heavy atom. The third kappa shape index (κ3) is 12.8. The van der Waals surface area contributed by atoms with Gasteiger partial charge in [-0.25, -0.2) is 50.5 Å². The summed E-state index contributed by atoms with van der Waals surface area (Å²) in [5.41, 5.74) is 0. The van der Waals surface area contributed by atoms with E-state index in [0.717, 1.165) is 0 Å². The number of hydrogen-bond acceptors (Lipinski definition) is 20. The van der Waals surface area contributed by atoms with Gasteiger partial charge in [-0.1, -0.05) is 0 Å². The van der Waals surface area contributed by atoms with E-state index in [1.54, 1.807) is 0 Å². The molecule has 0 N–H and O–H groups in total. The Morgan fingerprint density at radius 2 is 0.512 bits per heavy atom. The summed E-state index contributed by atoms with van der Waals surface area (Å²) in [6.45, 7) is 0. The smallest absolute Gasteiger partial charge is 0.744 e. The zero-order valence-corrected chi connectivity index (χ0v) is 34.7. The normalized spacial score (nSPS) is 12.5. The maximum Gasteiger partial charge on any atom is 2.00 e. The zero-order valence-electron chi connectivity index (χ0n) is 19.1. The zero-order chi connectivity index (χ0) is 30.4. The van der Waals surface area contributed by atoms with Crippen LogP contribution in [0.15, 0.2) is 63.4 Å². The van der Waals surface area contributed by atoms with Crippen molar-refractivity contribution in [2.75, 3.05) is 0 Å². The Balaban J connectivity index is -0.000000656. The molecule has 0 radical (unpaired) electrons. The Morgan fingerprint density at radius 3 is 0.610 bits per heavy atom. The molecule has 0 saturated heterocycles.